The largest absolute Gasteiger partial charge is 0.341 e. The number of benzene rings is 2. The molecule has 2 amide bonds. The van der Waals surface area contributed by atoms with Gasteiger partial charge in [0, 0.05) is 16.3 Å². The Labute approximate surface area is 134 Å². The standard InChI is InChI=1S/C17H17ClN2O2/c1-11-14(18)9-6-10-15(11)20-16(21)12(2)19-17(22)13-7-4-3-5-8-13/h3-10,12H,1-2H3,(H,19,22)(H,20,21). The van der Waals surface area contributed by atoms with Crippen molar-refractivity contribution in [2.75, 3.05) is 5.32 Å². The second kappa shape index (κ2) is 7.09. The van der Waals surface area contributed by atoms with Crippen LogP contribution in [0.15, 0.2) is 48.5 Å². The first-order valence-electron chi connectivity index (χ1n) is 6.91. The quantitative estimate of drug-likeness (QED) is 0.908. The van der Waals surface area contributed by atoms with E-state index in [0.29, 0.717) is 16.3 Å². The third-order valence-electron chi connectivity index (χ3n) is 3.30. The van der Waals surface area contributed by atoms with Crippen molar-refractivity contribution in [1.82, 2.24) is 5.32 Å². The van der Waals surface area contributed by atoms with E-state index in [1.165, 1.54) is 0 Å². The molecule has 0 heterocycles. The van der Waals surface area contributed by atoms with Gasteiger partial charge in [0.2, 0.25) is 5.91 Å². The molecule has 2 rings (SSSR count). The fourth-order valence-corrected chi connectivity index (χ4v) is 2.09. The summed E-state index contributed by atoms with van der Waals surface area (Å²) >= 11 is 6.02. The van der Waals surface area contributed by atoms with Crippen molar-refractivity contribution < 1.29 is 9.59 Å². The molecular weight excluding hydrogens is 300 g/mol. The highest BCUT2D eigenvalue weighted by Gasteiger charge is 2.17. The van der Waals surface area contributed by atoms with Crippen LogP contribution in [-0.2, 0) is 4.79 Å². The minimum Gasteiger partial charge on any atom is -0.341 e. The lowest BCUT2D eigenvalue weighted by Crippen LogP contribution is -2.41. The summed E-state index contributed by atoms with van der Waals surface area (Å²) in [5.74, 6) is -0.583. The average molecular weight is 317 g/mol. The van der Waals surface area contributed by atoms with E-state index in [-0.39, 0.29) is 11.8 Å². The molecule has 22 heavy (non-hydrogen) atoms. The maximum atomic E-state index is 12.2. The zero-order valence-corrected chi connectivity index (χ0v) is 13.1. The molecule has 1 atom stereocenters. The van der Waals surface area contributed by atoms with E-state index in [0.717, 1.165) is 5.56 Å². The van der Waals surface area contributed by atoms with Crippen molar-refractivity contribution in [3.8, 4) is 0 Å². The Morgan fingerprint density at radius 1 is 1.05 bits per heavy atom. The molecule has 0 aliphatic carbocycles. The molecule has 0 bridgehead atoms. The summed E-state index contributed by atoms with van der Waals surface area (Å²) in [6, 6.07) is 13.4. The van der Waals surface area contributed by atoms with Crippen LogP contribution in [0.4, 0.5) is 5.69 Å². The third kappa shape index (κ3) is 3.86. The van der Waals surface area contributed by atoms with Gasteiger partial charge in [-0.3, -0.25) is 9.59 Å². The first-order chi connectivity index (χ1) is 10.5. The number of halogens is 1. The molecular formula is C17H17ClN2O2. The van der Waals surface area contributed by atoms with Crippen LogP contribution >= 0.6 is 11.6 Å². The smallest absolute Gasteiger partial charge is 0.251 e. The molecule has 0 fully saturated rings. The second-order valence-corrected chi connectivity index (χ2v) is 5.37. The summed E-state index contributed by atoms with van der Waals surface area (Å²) in [4.78, 5) is 24.2. The van der Waals surface area contributed by atoms with Gasteiger partial charge >= 0.3 is 0 Å². The van der Waals surface area contributed by atoms with E-state index in [1.807, 2.05) is 13.0 Å². The zero-order chi connectivity index (χ0) is 16.1. The molecule has 0 saturated heterocycles. The fraction of sp³-hybridized carbons (Fsp3) is 0.176. The second-order valence-electron chi connectivity index (χ2n) is 4.96. The normalized spacial score (nSPS) is 11.6. The zero-order valence-electron chi connectivity index (χ0n) is 12.4. The van der Waals surface area contributed by atoms with E-state index in [4.69, 9.17) is 11.6 Å². The number of amides is 2. The van der Waals surface area contributed by atoms with Gasteiger partial charge in [-0.2, -0.15) is 0 Å². The third-order valence-corrected chi connectivity index (χ3v) is 3.71. The summed E-state index contributed by atoms with van der Waals surface area (Å²) in [5.41, 5.74) is 1.94. The molecule has 0 radical (unpaired) electrons. The molecule has 4 nitrogen and oxygen atoms in total. The molecule has 2 aromatic rings. The Hall–Kier alpha value is -2.33. The molecule has 2 N–H and O–H groups in total. The number of rotatable bonds is 4. The summed E-state index contributed by atoms with van der Waals surface area (Å²) in [7, 11) is 0. The average Bonchev–Trinajstić information content (AvgIpc) is 2.52. The van der Waals surface area contributed by atoms with Gasteiger partial charge in [-0.1, -0.05) is 35.9 Å². The first-order valence-corrected chi connectivity index (χ1v) is 7.28. The van der Waals surface area contributed by atoms with Crippen LogP contribution in [-0.4, -0.2) is 17.9 Å². The summed E-state index contributed by atoms with van der Waals surface area (Å²) in [6.07, 6.45) is 0. The summed E-state index contributed by atoms with van der Waals surface area (Å²) < 4.78 is 0. The predicted molar refractivity (Wildman–Crippen MR) is 88.2 cm³/mol. The van der Waals surface area contributed by atoms with Gasteiger partial charge in [0.1, 0.15) is 6.04 Å². The van der Waals surface area contributed by atoms with E-state index in [9.17, 15) is 9.59 Å². The maximum Gasteiger partial charge on any atom is 0.251 e. The maximum absolute atomic E-state index is 12.2. The van der Waals surface area contributed by atoms with Gasteiger partial charge in [0.15, 0.2) is 0 Å². The number of hydrogen-bond donors (Lipinski definition) is 2. The highest BCUT2D eigenvalue weighted by molar-refractivity contribution is 6.31. The lowest BCUT2D eigenvalue weighted by Gasteiger charge is -2.15. The first kappa shape index (κ1) is 16.0. The lowest BCUT2D eigenvalue weighted by atomic mass is 10.1. The van der Waals surface area contributed by atoms with Gasteiger partial charge in [-0.15, -0.1) is 0 Å². The summed E-state index contributed by atoms with van der Waals surface area (Å²) in [5, 5.41) is 6.02. The van der Waals surface area contributed by atoms with Crippen molar-refractivity contribution in [2.24, 2.45) is 0 Å². The van der Waals surface area contributed by atoms with Gasteiger partial charge in [-0.05, 0) is 43.7 Å². The topological polar surface area (TPSA) is 58.2 Å². The van der Waals surface area contributed by atoms with E-state index < -0.39 is 6.04 Å². The SMILES string of the molecule is Cc1c(Cl)cccc1NC(=O)C(C)NC(=O)c1ccccc1. The van der Waals surface area contributed by atoms with Crippen LogP contribution in [0.5, 0.6) is 0 Å². The Morgan fingerprint density at radius 3 is 2.41 bits per heavy atom. The number of nitrogens with one attached hydrogen (secondary N) is 2. The van der Waals surface area contributed by atoms with Crippen molar-refractivity contribution >= 4 is 29.1 Å². The van der Waals surface area contributed by atoms with Crippen molar-refractivity contribution in [1.29, 1.82) is 0 Å². The molecule has 0 saturated carbocycles. The Morgan fingerprint density at radius 2 is 1.73 bits per heavy atom. The molecule has 0 aromatic heterocycles. The van der Waals surface area contributed by atoms with Gasteiger partial charge < -0.3 is 10.6 Å². The van der Waals surface area contributed by atoms with E-state index >= 15 is 0 Å². The van der Waals surface area contributed by atoms with Crippen molar-refractivity contribution in [2.45, 2.75) is 19.9 Å². The molecule has 0 spiro atoms. The van der Waals surface area contributed by atoms with Gasteiger partial charge in [-0.25, -0.2) is 0 Å². The number of anilines is 1. The van der Waals surface area contributed by atoms with Crippen LogP contribution in [0.3, 0.4) is 0 Å². The van der Waals surface area contributed by atoms with Crippen LogP contribution < -0.4 is 10.6 Å². The fourth-order valence-electron chi connectivity index (χ4n) is 1.92. The summed E-state index contributed by atoms with van der Waals surface area (Å²) in [6.45, 7) is 3.46. The van der Waals surface area contributed by atoms with Crippen molar-refractivity contribution in [3.05, 3.63) is 64.7 Å². The molecule has 0 aliphatic heterocycles. The van der Waals surface area contributed by atoms with Crippen LogP contribution in [0.1, 0.15) is 22.8 Å². The molecule has 1 unspecified atom stereocenters. The molecule has 2 aromatic carbocycles. The van der Waals surface area contributed by atoms with Gasteiger partial charge in [0.05, 0.1) is 0 Å². The number of carbonyl (C=O) groups is 2. The minimum absolute atomic E-state index is 0.286. The monoisotopic (exact) mass is 316 g/mol. The van der Waals surface area contributed by atoms with E-state index in [1.54, 1.807) is 49.4 Å². The molecule has 0 aliphatic rings. The van der Waals surface area contributed by atoms with Crippen LogP contribution in [0.25, 0.3) is 0 Å². The van der Waals surface area contributed by atoms with E-state index in [2.05, 4.69) is 10.6 Å². The predicted octanol–water partition coefficient (Wildman–Crippen LogP) is 3.41. The Balaban J connectivity index is 2.01. The molecule has 114 valence electrons. The highest BCUT2D eigenvalue weighted by atomic mass is 35.5. The molecule has 5 heteroatoms. The van der Waals surface area contributed by atoms with Crippen LogP contribution in [0.2, 0.25) is 5.02 Å². The number of carbonyl (C=O) groups excluding carboxylic acids is 2. The number of hydrogen-bond acceptors (Lipinski definition) is 2. The Kier molecular flexibility index (Phi) is 5.17. The van der Waals surface area contributed by atoms with Crippen LogP contribution in [0, 0.1) is 6.92 Å². The minimum atomic E-state index is -0.661. The lowest BCUT2D eigenvalue weighted by molar-refractivity contribution is -0.117. The van der Waals surface area contributed by atoms with Gasteiger partial charge in [0.25, 0.3) is 5.91 Å². The van der Waals surface area contributed by atoms with Crippen molar-refractivity contribution in [3.63, 3.8) is 0 Å². The Bertz CT molecular complexity index is 686. The highest BCUT2D eigenvalue weighted by Crippen LogP contribution is 2.22.